The third-order valence-corrected chi connectivity index (χ3v) is 5.56. The van der Waals surface area contributed by atoms with Gasteiger partial charge in [0.05, 0.1) is 6.54 Å². The second-order valence-corrected chi connectivity index (χ2v) is 7.67. The topological polar surface area (TPSA) is 77.1 Å². The van der Waals surface area contributed by atoms with Crippen LogP contribution in [-0.4, -0.2) is 37.3 Å². The molecule has 0 fully saturated rings. The molecular formula is C23H20FN5O2. The van der Waals surface area contributed by atoms with E-state index in [2.05, 4.69) is 15.2 Å². The lowest BCUT2D eigenvalue weighted by Gasteiger charge is -2.27. The van der Waals surface area contributed by atoms with Gasteiger partial charge in [0, 0.05) is 42.4 Å². The summed E-state index contributed by atoms with van der Waals surface area (Å²) >= 11 is 0. The van der Waals surface area contributed by atoms with Crippen molar-refractivity contribution < 1.29 is 13.7 Å². The van der Waals surface area contributed by atoms with Crippen LogP contribution in [0.4, 0.5) is 4.39 Å². The highest BCUT2D eigenvalue weighted by molar-refractivity contribution is 5.94. The van der Waals surface area contributed by atoms with E-state index in [1.165, 1.54) is 12.1 Å². The fourth-order valence-corrected chi connectivity index (χ4v) is 3.85. The summed E-state index contributed by atoms with van der Waals surface area (Å²) in [5, 5.41) is 8.61. The first-order valence-electron chi connectivity index (χ1n) is 10.0. The molecule has 0 spiro atoms. The Bertz CT molecular complexity index is 1260. The van der Waals surface area contributed by atoms with Crippen LogP contribution < -0.4 is 0 Å². The molecule has 0 unspecified atom stereocenters. The van der Waals surface area contributed by atoms with E-state index in [4.69, 9.17) is 4.52 Å². The minimum absolute atomic E-state index is 0.0158. The molecule has 0 N–H and O–H groups in total. The second kappa shape index (κ2) is 7.46. The zero-order chi connectivity index (χ0) is 21.5. The van der Waals surface area contributed by atoms with E-state index in [1.807, 2.05) is 43.1 Å². The Hall–Kier alpha value is -3.81. The van der Waals surface area contributed by atoms with E-state index in [0.717, 1.165) is 16.8 Å². The lowest BCUT2D eigenvalue weighted by molar-refractivity contribution is 0.0733. The number of aromatic nitrogens is 4. The molecule has 2 aromatic carbocycles. The quantitative estimate of drug-likeness (QED) is 0.507. The highest BCUT2D eigenvalue weighted by Crippen LogP contribution is 2.30. The number of nitrogens with zero attached hydrogens (tertiary/aromatic N) is 5. The summed E-state index contributed by atoms with van der Waals surface area (Å²) in [6.07, 6.45) is 0.690. The first-order valence-corrected chi connectivity index (χ1v) is 10.0. The van der Waals surface area contributed by atoms with Crippen molar-refractivity contribution in [3.8, 4) is 23.0 Å². The molecule has 0 atom stereocenters. The zero-order valence-corrected chi connectivity index (χ0v) is 17.2. The Morgan fingerprint density at radius 3 is 2.58 bits per heavy atom. The average molecular weight is 417 g/mol. The number of fused-ring (bicyclic) bond motifs is 1. The molecule has 0 aliphatic carbocycles. The molecule has 1 aliphatic heterocycles. The van der Waals surface area contributed by atoms with Gasteiger partial charge < -0.3 is 9.42 Å². The summed E-state index contributed by atoms with van der Waals surface area (Å²) in [4.78, 5) is 19.3. The van der Waals surface area contributed by atoms with E-state index in [9.17, 15) is 9.18 Å². The van der Waals surface area contributed by atoms with Crippen LogP contribution >= 0.6 is 0 Å². The van der Waals surface area contributed by atoms with Crippen LogP contribution in [0.3, 0.4) is 0 Å². The van der Waals surface area contributed by atoms with E-state index >= 15 is 0 Å². The van der Waals surface area contributed by atoms with Crippen molar-refractivity contribution >= 4 is 5.91 Å². The van der Waals surface area contributed by atoms with Gasteiger partial charge in [-0.2, -0.15) is 10.1 Å². The summed E-state index contributed by atoms with van der Waals surface area (Å²) in [6, 6.07) is 13.5. The molecule has 3 heterocycles. The summed E-state index contributed by atoms with van der Waals surface area (Å²) in [7, 11) is 1.87. The fourth-order valence-electron chi connectivity index (χ4n) is 3.85. The Labute approximate surface area is 178 Å². The predicted octanol–water partition coefficient (Wildman–Crippen LogP) is 3.78. The van der Waals surface area contributed by atoms with Crippen LogP contribution in [-0.2, 0) is 20.0 Å². The molecule has 1 aliphatic rings. The minimum Gasteiger partial charge on any atom is -0.334 e. The maximum absolute atomic E-state index is 13.2. The molecule has 7 nitrogen and oxygen atoms in total. The first-order chi connectivity index (χ1) is 15.0. The number of carbonyl (C=O) groups is 1. The monoisotopic (exact) mass is 417 g/mol. The smallest absolute Gasteiger partial charge is 0.279 e. The fraction of sp³-hybridized carbons (Fsp3) is 0.217. The minimum atomic E-state index is -0.329. The Balaban J connectivity index is 1.45. The molecule has 0 bridgehead atoms. The largest absolute Gasteiger partial charge is 0.334 e. The van der Waals surface area contributed by atoms with E-state index in [-0.39, 0.29) is 17.6 Å². The number of rotatable bonds is 3. The summed E-state index contributed by atoms with van der Waals surface area (Å²) in [5.74, 6) is 0.293. The average Bonchev–Trinajstić information content (AvgIpc) is 3.39. The normalized spacial score (nSPS) is 13.3. The molecule has 0 saturated heterocycles. The maximum Gasteiger partial charge on any atom is 0.279 e. The SMILES string of the molecule is Cc1ccc(C(=O)N2CCc3c(c(-c4nc(-c5ccc(F)cc5)no4)nn3C)C2)cc1. The lowest BCUT2D eigenvalue weighted by Crippen LogP contribution is -2.36. The van der Waals surface area contributed by atoms with Crippen molar-refractivity contribution in [3.05, 3.63) is 76.7 Å². The van der Waals surface area contributed by atoms with Gasteiger partial charge in [-0.15, -0.1) is 0 Å². The molecule has 0 saturated carbocycles. The molecule has 5 rings (SSSR count). The number of halogens is 1. The molecule has 1 amide bonds. The summed E-state index contributed by atoms with van der Waals surface area (Å²) in [5.41, 5.74) is 4.95. The number of carbonyl (C=O) groups excluding carboxylic acids is 1. The number of hydrogen-bond acceptors (Lipinski definition) is 5. The number of aryl methyl sites for hydroxylation is 2. The molecule has 2 aromatic heterocycles. The summed E-state index contributed by atoms with van der Waals surface area (Å²) in [6.45, 7) is 3.02. The predicted molar refractivity (Wildman–Crippen MR) is 112 cm³/mol. The lowest BCUT2D eigenvalue weighted by atomic mass is 10.0. The van der Waals surface area contributed by atoms with E-state index < -0.39 is 0 Å². The Morgan fingerprint density at radius 2 is 1.84 bits per heavy atom. The van der Waals surface area contributed by atoms with Crippen molar-refractivity contribution in [1.82, 2.24) is 24.8 Å². The molecule has 0 radical (unpaired) electrons. The molecule has 156 valence electrons. The summed E-state index contributed by atoms with van der Waals surface area (Å²) < 4.78 is 20.5. The first kappa shape index (κ1) is 19.2. The highest BCUT2D eigenvalue weighted by atomic mass is 19.1. The maximum atomic E-state index is 13.2. The van der Waals surface area contributed by atoms with Crippen LogP contribution in [0.5, 0.6) is 0 Å². The van der Waals surface area contributed by atoms with Crippen molar-refractivity contribution in [2.45, 2.75) is 19.9 Å². The molecular weight excluding hydrogens is 397 g/mol. The molecule has 31 heavy (non-hydrogen) atoms. The van der Waals surface area contributed by atoms with Crippen LogP contribution in [0.25, 0.3) is 23.0 Å². The van der Waals surface area contributed by atoms with Gasteiger partial charge in [0.25, 0.3) is 11.8 Å². The standard InChI is InChI=1S/C23H20FN5O2/c1-14-3-5-16(6-4-14)23(30)29-12-11-19-18(13-29)20(26-28(19)2)22-25-21(27-31-22)15-7-9-17(24)10-8-15/h3-10H,11-13H2,1-2H3. The van der Waals surface area contributed by atoms with E-state index in [1.54, 1.807) is 16.8 Å². The van der Waals surface area contributed by atoms with Gasteiger partial charge in [0.2, 0.25) is 5.82 Å². The Kier molecular flexibility index (Phi) is 4.62. The Morgan fingerprint density at radius 1 is 1.10 bits per heavy atom. The van der Waals surface area contributed by atoms with Crippen molar-refractivity contribution in [2.24, 2.45) is 7.05 Å². The number of amides is 1. The van der Waals surface area contributed by atoms with Gasteiger partial charge in [0.1, 0.15) is 5.82 Å². The van der Waals surface area contributed by atoms with Crippen LogP contribution in [0.2, 0.25) is 0 Å². The van der Waals surface area contributed by atoms with Crippen molar-refractivity contribution in [2.75, 3.05) is 6.54 Å². The number of benzene rings is 2. The van der Waals surface area contributed by atoms with Gasteiger partial charge in [-0.1, -0.05) is 22.9 Å². The number of hydrogen-bond donors (Lipinski definition) is 0. The van der Waals surface area contributed by atoms with Gasteiger partial charge in [-0.05, 0) is 43.3 Å². The van der Waals surface area contributed by atoms with Crippen LogP contribution in [0.1, 0.15) is 27.2 Å². The van der Waals surface area contributed by atoms with Gasteiger partial charge in [-0.3, -0.25) is 9.48 Å². The van der Waals surface area contributed by atoms with Gasteiger partial charge in [0.15, 0.2) is 5.69 Å². The zero-order valence-electron chi connectivity index (χ0n) is 17.2. The molecule has 8 heteroatoms. The second-order valence-electron chi connectivity index (χ2n) is 7.67. The highest BCUT2D eigenvalue weighted by Gasteiger charge is 2.30. The third kappa shape index (κ3) is 3.50. The third-order valence-electron chi connectivity index (χ3n) is 5.56. The van der Waals surface area contributed by atoms with Crippen molar-refractivity contribution in [3.63, 3.8) is 0 Å². The van der Waals surface area contributed by atoms with E-state index in [0.29, 0.717) is 42.2 Å². The van der Waals surface area contributed by atoms with Crippen molar-refractivity contribution in [1.29, 1.82) is 0 Å². The van der Waals surface area contributed by atoms with Crippen LogP contribution in [0.15, 0.2) is 53.1 Å². The van der Waals surface area contributed by atoms with Crippen LogP contribution in [0, 0.1) is 12.7 Å². The van der Waals surface area contributed by atoms with Gasteiger partial charge >= 0.3 is 0 Å². The van der Waals surface area contributed by atoms with Gasteiger partial charge in [-0.25, -0.2) is 4.39 Å². The molecule has 4 aromatic rings.